The van der Waals surface area contributed by atoms with Crippen LogP contribution in [0.5, 0.6) is 0 Å². The molecule has 0 aliphatic heterocycles. The van der Waals surface area contributed by atoms with Crippen molar-refractivity contribution >= 4 is 27.3 Å². The van der Waals surface area contributed by atoms with E-state index in [1.165, 1.54) is 10.4 Å². The molecule has 1 aromatic heterocycles. The van der Waals surface area contributed by atoms with Crippen LogP contribution in [0.2, 0.25) is 0 Å². The summed E-state index contributed by atoms with van der Waals surface area (Å²) in [6, 6.07) is 12.3. The van der Waals surface area contributed by atoms with Crippen LogP contribution in [0.15, 0.2) is 40.9 Å². The Labute approximate surface area is 115 Å². The molecule has 2 aromatic rings. The Bertz CT molecular complexity index is 358. The van der Waals surface area contributed by atoms with Crippen molar-refractivity contribution in [1.82, 2.24) is 0 Å². The van der Waals surface area contributed by atoms with Crippen molar-refractivity contribution in [2.75, 3.05) is 0 Å². The van der Waals surface area contributed by atoms with Gasteiger partial charge in [0.25, 0.3) is 0 Å². The van der Waals surface area contributed by atoms with Gasteiger partial charge in [0, 0.05) is 4.47 Å². The Kier molecular flexibility index (Phi) is 6.88. The summed E-state index contributed by atoms with van der Waals surface area (Å²) in [5, 5.41) is 3.07. The first-order valence-corrected chi connectivity index (χ1v) is 5.19. The van der Waals surface area contributed by atoms with Crippen molar-refractivity contribution in [2.45, 2.75) is 0 Å². The predicted molar refractivity (Wildman–Crippen MR) is 56.3 cm³/mol. The second-order valence-corrected chi connectivity index (χ2v) is 4.22. The largest absolute Gasteiger partial charge is 2.00 e. The van der Waals surface area contributed by atoms with E-state index in [0.29, 0.717) is 0 Å². The second-order valence-electron chi connectivity index (χ2n) is 2.42. The molecule has 0 amide bonds. The molecule has 1 aromatic carbocycles. The number of rotatable bonds is 1. The molecular formula is C10H6BrClSZn. The fraction of sp³-hybridized carbons (Fsp3) is 0. The third kappa shape index (κ3) is 3.47. The van der Waals surface area contributed by atoms with Crippen molar-refractivity contribution in [3.8, 4) is 10.4 Å². The van der Waals surface area contributed by atoms with Crippen LogP contribution < -0.4 is 12.4 Å². The molecule has 0 saturated heterocycles. The van der Waals surface area contributed by atoms with Gasteiger partial charge in [0.05, 0.1) is 0 Å². The first-order valence-electron chi connectivity index (χ1n) is 3.58. The van der Waals surface area contributed by atoms with E-state index in [0.717, 1.165) is 4.47 Å². The fourth-order valence-corrected chi connectivity index (χ4v) is 1.93. The summed E-state index contributed by atoms with van der Waals surface area (Å²) in [4.78, 5) is 1.27. The van der Waals surface area contributed by atoms with E-state index in [1.807, 2.05) is 6.07 Å². The van der Waals surface area contributed by atoms with Gasteiger partial charge in [-0.3, -0.25) is 11.3 Å². The van der Waals surface area contributed by atoms with E-state index in [-0.39, 0.29) is 31.9 Å². The topological polar surface area (TPSA) is 0 Å². The molecule has 4 heteroatoms. The number of thiophene rings is 1. The van der Waals surface area contributed by atoms with Crippen molar-refractivity contribution in [2.24, 2.45) is 0 Å². The molecular weight excluding hydrogens is 333 g/mol. The zero-order chi connectivity index (χ0) is 8.39. The van der Waals surface area contributed by atoms with Gasteiger partial charge in [0.15, 0.2) is 0 Å². The molecule has 0 unspecified atom stereocenters. The van der Waals surface area contributed by atoms with Crippen LogP contribution in [-0.2, 0) is 19.5 Å². The van der Waals surface area contributed by atoms with Gasteiger partial charge in [0.1, 0.15) is 0 Å². The Morgan fingerprint density at radius 3 is 2.21 bits per heavy atom. The van der Waals surface area contributed by atoms with Crippen LogP contribution in [0.3, 0.4) is 0 Å². The Balaban J connectivity index is 0.000000845. The number of benzene rings is 1. The summed E-state index contributed by atoms with van der Waals surface area (Å²) in [6.07, 6.45) is 0. The molecule has 0 nitrogen and oxygen atoms in total. The second kappa shape index (κ2) is 6.73. The van der Waals surface area contributed by atoms with E-state index in [2.05, 4.69) is 51.6 Å². The minimum atomic E-state index is 0. The number of halogens is 2. The quantitative estimate of drug-likeness (QED) is 0.537. The van der Waals surface area contributed by atoms with Gasteiger partial charge in [-0.1, -0.05) is 33.6 Å². The summed E-state index contributed by atoms with van der Waals surface area (Å²) in [5.41, 5.74) is 1.25. The van der Waals surface area contributed by atoms with Crippen LogP contribution in [0.4, 0.5) is 0 Å². The maximum atomic E-state index is 3.40. The van der Waals surface area contributed by atoms with Gasteiger partial charge in [-0.15, -0.1) is 10.3 Å². The molecule has 2 rings (SSSR count). The maximum Gasteiger partial charge on any atom is 2.00 e. The summed E-state index contributed by atoms with van der Waals surface area (Å²) in [7, 11) is 0. The molecule has 0 N–H and O–H groups in total. The van der Waals surface area contributed by atoms with Crippen LogP contribution in [0, 0.1) is 5.38 Å². The number of hydrogen-bond donors (Lipinski definition) is 0. The van der Waals surface area contributed by atoms with E-state index >= 15 is 0 Å². The smallest absolute Gasteiger partial charge is 1.00 e. The van der Waals surface area contributed by atoms with Crippen LogP contribution >= 0.6 is 27.3 Å². The molecule has 0 saturated carbocycles. The van der Waals surface area contributed by atoms with Crippen molar-refractivity contribution in [3.05, 3.63) is 46.3 Å². The molecule has 68 valence electrons. The van der Waals surface area contributed by atoms with Crippen LogP contribution in [0.1, 0.15) is 0 Å². The summed E-state index contributed by atoms with van der Waals surface area (Å²) < 4.78 is 1.12. The minimum Gasteiger partial charge on any atom is -1.00 e. The molecule has 1 heterocycles. The minimum absolute atomic E-state index is 0. The third-order valence-electron chi connectivity index (χ3n) is 1.60. The molecule has 14 heavy (non-hydrogen) atoms. The van der Waals surface area contributed by atoms with Crippen LogP contribution in [-0.4, -0.2) is 0 Å². The molecule has 0 spiro atoms. The molecule has 0 aliphatic rings. The number of hydrogen-bond acceptors (Lipinski definition) is 1. The Morgan fingerprint density at radius 2 is 1.71 bits per heavy atom. The van der Waals surface area contributed by atoms with Gasteiger partial charge in [-0.05, 0) is 12.1 Å². The first-order chi connectivity index (χ1) is 5.86. The van der Waals surface area contributed by atoms with E-state index in [9.17, 15) is 0 Å². The van der Waals surface area contributed by atoms with E-state index < -0.39 is 0 Å². The average molecular weight is 339 g/mol. The predicted octanol–water partition coefficient (Wildman–Crippen LogP) is 0.979. The maximum absolute atomic E-state index is 3.40. The molecule has 0 fully saturated rings. The van der Waals surface area contributed by atoms with Crippen molar-refractivity contribution < 1.29 is 31.9 Å². The van der Waals surface area contributed by atoms with Gasteiger partial charge in [-0.25, -0.2) is 0 Å². The summed E-state index contributed by atoms with van der Waals surface area (Å²) in [6.45, 7) is 0. The normalized spacial score (nSPS) is 8.64. The monoisotopic (exact) mass is 336 g/mol. The van der Waals surface area contributed by atoms with Gasteiger partial charge in [-0.2, -0.15) is 12.1 Å². The Morgan fingerprint density at radius 1 is 1.07 bits per heavy atom. The summed E-state index contributed by atoms with van der Waals surface area (Å²) in [5.74, 6) is 0. The van der Waals surface area contributed by atoms with E-state index in [1.54, 1.807) is 11.3 Å². The average Bonchev–Trinajstić information content (AvgIpc) is 2.58. The SMILES string of the molecule is Brc1ccc(-c2cc[c-]s2)cc1.[Cl-].[Zn+2]. The van der Waals surface area contributed by atoms with Gasteiger partial charge < -0.3 is 12.4 Å². The van der Waals surface area contributed by atoms with Crippen LogP contribution in [0.25, 0.3) is 10.4 Å². The van der Waals surface area contributed by atoms with Gasteiger partial charge in [0.2, 0.25) is 0 Å². The fourth-order valence-electron chi connectivity index (χ4n) is 1.01. The third-order valence-corrected chi connectivity index (χ3v) is 2.97. The zero-order valence-electron chi connectivity index (χ0n) is 7.34. The molecule has 0 atom stereocenters. The standard InChI is InChI=1S/C10H6BrS.ClH.Zn/c11-9-5-3-8(4-6-9)10-2-1-7-12-10;;/h1-6H;1H;/q-1;;+2/p-1. The van der Waals surface area contributed by atoms with Crippen molar-refractivity contribution in [3.63, 3.8) is 0 Å². The molecule has 0 radical (unpaired) electrons. The first kappa shape index (κ1) is 14.3. The molecule has 0 bridgehead atoms. The van der Waals surface area contributed by atoms with Crippen molar-refractivity contribution in [1.29, 1.82) is 0 Å². The Hall–Kier alpha value is 0.313. The summed E-state index contributed by atoms with van der Waals surface area (Å²) >= 11 is 5.05. The van der Waals surface area contributed by atoms with E-state index in [4.69, 9.17) is 0 Å². The van der Waals surface area contributed by atoms with Gasteiger partial charge >= 0.3 is 19.5 Å². The zero-order valence-corrected chi connectivity index (χ0v) is 13.5. The molecule has 0 aliphatic carbocycles.